The number of benzene rings is 4. The predicted octanol–water partition coefficient (Wildman–Crippen LogP) is 9.11. The molecule has 4 aromatic carbocycles. The van der Waals surface area contributed by atoms with E-state index in [4.69, 9.17) is 34.8 Å². The molecule has 1 unspecified atom stereocenters. The third kappa shape index (κ3) is 9.19. The molecule has 0 saturated heterocycles. The van der Waals surface area contributed by atoms with Crippen LogP contribution < -0.4 is 0 Å². The molecule has 0 spiro atoms. The van der Waals surface area contributed by atoms with Crippen LogP contribution in [0.25, 0.3) is 11.1 Å². The van der Waals surface area contributed by atoms with Crippen molar-refractivity contribution in [3.05, 3.63) is 147 Å². The summed E-state index contributed by atoms with van der Waals surface area (Å²) >= 11 is 17.9. The largest absolute Gasteiger partial charge is 0.308 e. The van der Waals surface area contributed by atoms with Gasteiger partial charge in [0.1, 0.15) is 0 Å². The summed E-state index contributed by atoms with van der Waals surface area (Å²) in [5.41, 5.74) is 7.38. The lowest BCUT2D eigenvalue weighted by molar-refractivity contribution is 0.392. The maximum absolute atomic E-state index is 6.03. The van der Waals surface area contributed by atoms with Gasteiger partial charge in [-0.3, -0.25) is 5.10 Å². The highest BCUT2D eigenvalue weighted by atomic mass is 35.5. The monoisotopic (exact) mass is 618 g/mol. The Morgan fingerprint density at radius 3 is 1.14 bits per heavy atom. The molecule has 218 valence electrons. The zero-order valence-electron chi connectivity index (χ0n) is 24.4. The first-order chi connectivity index (χ1) is 20.2. The van der Waals surface area contributed by atoms with Gasteiger partial charge in [-0.15, -0.1) is 0 Å². The number of nitrogens with zero attached hydrogens (tertiary/aromatic N) is 3. The number of hydrogen-bond donors (Lipinski definition) is 1. The molecule has 0 fully saturated rings. The maximum atomic E-state index is 6.03. The molecule has 7 heteroatoms. The Kier molecular flexibility index (Phi) is 11.6. The van der Waals surface area contributed by atoms with Crippen LogP contribution in [0.1, 0.15) is 34.1 Å². The second-order valence-electron chi connectivity index (χ2n) is 10.9. The molecule has 0 amide bonds. The van der Waals surface area contributed by atoms with Crippen molar-refractivity contribution in [3.63, 3.8) is 0 Å². The summed E-state index contributed by atoms with van der Waals surface area (Å²) in [6.45, 7) is 1.90. The molecule has 1 heterocycles. The van der Waals surface area contributed by atoms with E-state index in [1.165, 1.54) is 27.8 Å². The Hall–Kier alpha value is -3.12. The summed E-state index contributed by atoms with van der Waals surface area (Å²) in [6, 6.07) is 33.0. The number of likely N-dealkylation sites (N-methyl/N-ethyl adjacent to an activating group) is 2. The molecule has 5 aromatic rings. The van der Waals surface area contributed by atoms with Gasteiger partial charge >= 0.3 is 0 Å². The van der Waals surface area contributed by atoms with Gasteiger partial charge in [0, 0.05) is 51.8 Å². The fourth-order valence-electron chi connectivity index (χ4n) is 4.94. The third-order valence-electron chi connectivity index (χ3n) is 7.06. The summed E-state index contributed by atoms with van der Waals surface area (Å²) in [7, 11) is 8.36. The molecule has 0 radical (unpaired) electrons. The topological polar surface area (TPSA) is 35.2 Å². The fourth-order valence-corrected chi connectivity index (χ4v) is 5.32. The van der Waals surface area contributed by atoms with E-state index in [0.29, 0.717) is 11.8 Å². The molecule has 1 N–H and O–H groups in total. The maximum Gasteiger partial charge on any atom is 0.0565 e. The van der Waals surface area contributed by atoms with E-state index in [-0.39, 0.29) is 0 Å². The zero-order chi connectivity index (χ0) is 30.1. The van der Waals surface area contributed by atoms with Crippen molar-refractivity contribution in [1.82, 2.24) is 20.0 Å². The predicted molar refractivity (Wildman–Crippen MR) is 179 cm³/mol. The van der Waals surface area contributed by atoms with E-state index < -0.39 is 0 Å². The minimum absolute atomic E-state index is 0.320. The van der Waals surface area contributed by atoms with Crippen molar-refractivity contribution in [2.75, 3.05) is 41.3 Å². The molecule has 0 saturated carbocycles. The minimum atomic E-state index is 0.320. The number of aromatic nitrogens is 2. The molecular weight excluding hydrogens is 583 g/mol. The van der Waals surface area contributed by atoms with Crippen LogP contribution in [0.3, 0.4) is 0 Å². The summed E-state index contributed by atoms with van der Waals surface area (Å²) < 4.78 is 0. The molecule has 0 aliphatic heterocycles. The van der Waals surface area contributed by atoms with Crippen LogP contribution in [-0.2, 0) is 0 Å². The third-order valence-corrected chi connectivity index (χ3v) is 7.81. The van der Waals surface area contributed by atoms with E-state index in [9.17, 15) is 0 Å². The Morgan fingerprint density at radius 1 is 0.524 bits per heavy atom. The van der Waals surface area contributed by atoms with Crippen molar-refractivity contribution in [2.45, 2.75) is 11.8 Å². The molecule has 42 heavy (non-hydrogen) atoms. The molecule has 5 rings (SSSR count). The summed E-state index contributed by atoms with van der Waals surface area (Å²) in [5, 5.41) is 9.17. The van der Waals surface area contributed by atoms with Crippen LogP contribution in [0.15, 0.2) is 109 Å². The highest BCUT2D eigenvalue weighted by Crippen LogP contribution is 2.29. The van der Waals surface area contributed by atoms with Gasteiger partial charge in [0.05, 0.1) is 6.20 Å². The van der Waals surface area contributed by atoms with Crippen LogP contribution in [0.4, 0.5) is 0 Å². The van der Waals surface area contributed by atoms with Crippen LogP contribution in [0.5, 0.6) is 0 Å². The van der Waals surface area contributed by atoms with Gasteiger partial charge in [-0.25, -0.2) is 0 Å². The zero-order valence-corrected chi connectivity index (χ0v) is 26.7. The number of aromatic amines is 1. The first kappa shape index (κ1) is 31.8. The van der Waals surface area contributed by atoms with Gasteiger partial charge in [-0.1, -0.05) is 95.5 Å². The van der Waals surface area contributed by atoms with E-state index in [2.05, 4.69) is 109 Å². The van der Waals surface area contributed by atoms with Gasteiger partial charge in [0.15, 0.2) is 0 Å². The van der Waals surface area contributed by atoms with E-state index in [0.717, 1.165) is 33.7 Å². The van der Waals surface area contributed by atoms with Gasteiger partial charge in [0.2, 0.25) is 0 Å². The smallest absolute Gasteiger partial charge is 0.0565 e. The van der Waals surface area contributed by atoms with Crippen molar-refractivity contribution in [3.8, 4) is 11.1 Å². The lowest BCUT2D eigenvalue weighted by atomic mass is 9.90. The molecule has 0 aliphatic rings. The van der Waals surface area contributed by atoms with Gasteiger partial charge in [-0.05, 0) is 92.4 Å². The first-order valence-corrected chi connectivity index (χ1v) is 15.0. The number of nitrogens with one attached hydrogen (secondary N) is 1. The molecule has 0 aliphatic carbocycles. The number of H-pyrrole nitrogens is 1. The average molecular weight is 620 g/mol. The molecule has 1 atom stereocenters. The van der Waals surface area contributed by atoms with Crippen LogP contribution in [-0.4, -0.2) is 61.3 Å². The Morgan fingerprint density at radius 2 is 0.857 bits per heavy atom. The normalized spacial score (nSPS) is 12.0. The molecule has 1 aromatic heterocycles. The molecular formula is C35H37Cl3N4. The van der Waals surface area contributed by atoms with Crippen molar-refractivity contribution in [2.24, 2.45) is 0 Å². The quantitative estimate of drug-likeness (QED) is 0.179. The molecule has 4 nitrogen and oxygen atoms in total. The standard InChI is InChI=1S/C19H20ClN3.C16H17Cl2N/c1-23(2)13-19(16-7-9-18(20)10-8-16)15-5-3-14(4-6-15)17-11-21-22-12-17;1-19(2)11-16(12-3-7-14(17)8-4-12)13-5-9-15(18)10-6-13/h3-12,19H,13H2,1-2H3,(H,21,22);3-10,16H,11H2,1-2H3. The Labute approximate surface area is 264 Å². The average Bonchev–Trinajstić information content (AvgIpc) is 3.52. The minimum Gasteiger partial charge on any atom is -0.308 e. The van der Waals surface area contributed by atoms with E-state index in [1.807, 2.05) is 48.8 Å². The fraction of sp³-hybridized carbons (Fsp3) is 0.229. The van der Waals surface area contributed by atoms with Crippen LogP contribution >= 0.6 is 34.8 Å². The summed E-state index contributed by atoms with van der Waals surface area (Å²) in [4.78, 5) is 4.40. The van der Waals surface area contributed by atoms with Crippen LogP contribution in [0, 0.1) is 0 Å². The summed E-state index contributed by atoms with van der Waals surface area (Å²) in [6.07, 6.45) is 3.75. The van der Waals surface area contributed by atoms with Crippen LogP contribution in [0.2, 0.25) is 15.1 Å². The highest BCUT2D eigenvalue weighted by molar-refractivity contribution is 6.31. The lowest BCUT2D eigenvalue weighted by Crippen LogP contribution is -2.21. The van der Waals surface area contributed by atoms with Gasteiger partial charge in [0.25, 0.3) is 0 Å². The lowest BCUT2D eigenvalue weighted by Gasteiger charge is -2.22. The van der Waals surface area contributed by atoms with E-state index >= 15 is 0 Å². The summed E-state index contributed by atoms with van der Waals surface area (Å²) in [5.74, 6) is 0.644. The van der Waals surface area contributed by atoms with E-state index in [1.54, 1.807) is 0 Å². The molecule has 0 bridgehead atoms. The number of rotatable bonds is 9. The number of halogens is 3. The van der Waals surface area contributed by atoms with Gasteiger partial charge in [-0.2, -0.15) is 5.10 Å². The SMILES string of the molecule is CN(C)CC(c1ccc(Cl)cc1)c1ccc(-c2cn[nH]c2)cc1.CN(C)CC(c1ccc(Cl)cc1)c1ccc(Cl)cc1. The second kappa shape index (κ2) is 15.4. The Bertz CT molecular complexity index is 1440. The second-order valence-corrected chi connectivity index (χ2v) is 12.2. The Balaban J connectivity index is 0.000000197. The van der Waals surface area contributed by atoms with Crippen molar-refractivity contribution >= 4 is 34.8 Å². The van der Waals surface area contributed by atoms with Crippen molar-refractivity contribution < 1.29 is 0 Å². The highest BCUT2D eigenvalue weighted by Gasteiger charge is 2.16. The van der Waals surface area contributed by atoms with Crippen molar-refractivity contribution in [1.29, 1.82) is 0 Å². The number of hydrogen-bond acceptors (Lipinski definition) is 3. The first-order valence-electron chi connectivity index (χ1n) is 13.8. The van der Waals surface area contributed by atoms with Gasteiger partial charge < -0.3 is 9.80 Å².